The fourth-order valence-electron chi connectivity index (χ4n) is 3.27. The minimum Gasteiger partial charge on any atom is -0.321 e. The normalized spacial score (nSPS) is 12.6. The summed E-state index contributed by atoms with van der Waals surface area (Å²) in [6.07, 6.45) is 0. The summed E-state index contributed by atoms with van der Waals surface area (Å²) in [6, 6.07) is 23.6. The van der Waals surface area contributed by atoms with Crippen molar-refractivity contribution in [2.24, 2.45) is 0 Å². The maximum absolute atomic E-state index is 13.1. The Bertz CT molecular complexity index is 1010. The smallest absolute Gasteiger partial charge is 0.287 e. The highest BCUT2D eigenvalue weighted by atomic mass is 35.5. The molecule has 0 heterocycles. The number of hydrogen-bond donors (Lipinski definition) is 3. The van der Waals surface area contributed by atoms with Gasteiger partial charge in [-0.1, -0.05) is 71.8 Å². The summed E-state index contributed by atoms with van der Waals surface area (Å²) in [7, 11) is 1.83. The number of anilines is 2. The van der Waals surface area contributed by atoms with Crippen molar-refractivity contribution in [3.63, 3.8) is 0 Å². The highest BCUT2D eigenvalue weighted by Gasteiger charge is 2.30. The van der Waals surface area contributed by atoms with Gasteiger partial charge in [0.15, 0.2) is 12.6 Å². The molecule has 3 rings (SSSR count). The van der Waals surface area contributed by atoms with Crippen molar-refractivity contribution in [1.29, 1.82) is 0 Å². The molecule has 0 aliphatic rings. The first kappa shape index (κ1) is 21.6. The Morgan fingerprint density at radius 3 is 2.20 bits per heavy atom. The lowest BCUT2D eigenvalue weighted by Gasteiger charge is -2.24. The van der Waals surface area contributed by atoms with Crippen molar-refractivity contribution in [2.75, 3.05) is 24.2 Å². The van der Waals surface area contributed by atoms with E-state index < -0.39 is 6.04 Å². The molecular formula is C24H25ClN3O2+. The van der Waals surface area contributed by atoms with Crippen LogP contribution in [0.1, 0.15) is 17.2 Å². The molecule has 2 atom stereocenters. The molecule has 3 aromatic carbocycles. The number of aryl methyl sites for hydroxylation is 1. The van der Waals surface area contributed by atoms with Gasteiger partial charge >= 0.3 is 0 Å². The first-order chi connectivity index (χ1) is 14.4. The predicted molar refractivity (Wildman–Crippen MR) is 121 cm³/mol. The molecule has 6 heteroatoms. The Balaban J connectivity index is 1.76. The number of benzene rings is 3. The number of carbonyl (C=O) groups excluding carboxylic acids is 2. The molecule has 3 aromatic rings. The third kappa shape index (κ3) is 5.69. The molecular weight excluding hydrogens is 398 g/mol. The third-order valence-corrected chi connectivity index (χ3v) is 5.12. The standard InChI is InChI=1S/C24H24ClN3O2/c1-17-12-14-19(15-13-17)26-24(30)23(18-8-4-3-5-9-18)28(2)16-22(29)27-21-11-7-6-10-20(21)25/h3-15,23H,16H2,1-2H3,(H,26,30)(H,27,29)/p+1/t23-/m1/s1. The molecule has 0 bridgehead atoms. The molecule has 5 nitrogen and oxygen atoms in total. The zero-order chi connectivity index (χ0) is 21.5. The number of nitrogens with one attached hydrogen (secondary N) is 3. The minimum atomic E-state index is -0.551. The fraction of sp³-hybridized carbons (Fsp3) is 0.167. The second-order valence-electron chi connectivity index (χ2n) is 7.25. The number of quaternary nitrogens is 1. The third-order valence-electron chi connectivity index (χ3n) is 4.79. The van der Waals surface area contributed by atoms with Crippen LogP contribution in [0.25, 0.3) is 0 Å². The predicted octanol–water partition coefficient (Wildman–Crippen LogP) is 3.48. The van der Waals surface area contributed by atoms with E-state index in [9.17, 15) is 9.59 Å². The molecule has 0 saturated carbocycles. The maximum Gasteiger partial charge on any atom is 0.287 e. The van der Waals surface area contributed by atoms with Gasteiger partial charge in [0.05, 0.1) is 17.8 Å². The summed E-state index contributed by atoms with van der Waals surface area (Å²) in [6.45, 7) is 2.10. The molecule has 0 radical (unpaired) electrons. The largest absolute Gasteiger partial charge is 0.321 e. The second-order valence-corrected chi connectivity index (χ2v) is 7.66. The van der Waals surface area contributed by atoms with E-state index in [2.05, 4.69) is 10.6 Å². The van der Waals surface area contributed by atoms with Crippen LogP contribution in [0.4, 0.5) is 11.4 Å². The summed E-state index contributed by atoms with van der Waals surface area (Å²) in [5.41, 5.74) is 3.23. The fourth-order valence-corrected chi connectivity index (χ4v) is 3.45. The van der Waals surface area contributed by atoms with Gasteiger partial charge in [0.1, 0.15) is 0 Å². The van der Waals surface area contributed by atoms with E-state index in [1.807, 2.05) is 68.6 Å². The summed E-state index contributed by atoms with van der Waals surface area (Å²) < 4.78 is 0. The maximum atomic E-state index is 13.1. The van der Waals surface area contributed by atoms with E-state index >= 15 is 0 Å². The minimum absolute atomic E-state index is 0.103. The van der Waals surface area contributed by atoms with Crippen LogP contribution in [-0.4, -0.2) is 25.4 Å². The van der Waals surface area contributed by atoms with Crippen molar-refractivity contribution in [3.05, 3.63) is 95.0 Å². The van der Waals surface area contributed by atoms with Gasteiger partial charge in [0, 0.05) is 11.3 Å². The zero-order valence-electron chi connectivity index (χ0n) is 17.0. The van der Waals surface area contributed by atoms with Gasteiger partial charge in [-0.05, 0) is 31.2 Å². The molecule has 2 amide bonds. The lowest BCUT2D eigenvalue weighted by atomic mass is 10.0. The molecule has 154 valence electrons. The molecule has 3 N–H and O–H groups in total. The average molecular weight is 423 g/mol. The molecule has 0 spiro atoms. The van der Waals surface area contributed by atoms with E-state index in [0.717, 1.165) is 21.7 Å². The van der Waals surface area contributed by atoms with Gasteiger partial charge in [-0.15, -0.1) is 0 Å². The first-order valence-corrected chi connectivity index (χ1v) is 10.1. The number of halogens is 1. The summed E-state index contributed by atoms with van der Waals surface area (Å²) in [4.78, 5) is 26.5. The topological polar surface area (TPSA) is 62.6 Å². The summed E-state index contributed by atoms with van der Waals surface area (Å²) in [5, 5.41) is 6.26. The van der Waals surface area contributed by atoms with Crippen molar-refractivity contribution in [1.82, 2.24) is 0 Å². The average Bonchev–Trinajstić information content (AvgIpc) is 2.72. The van der Waals surface area contributed by atoms with Crippen LogP contribution in [0.15, 0.2) is 78.9 Å². The van der Waals surface area contributed by atoms with Crippen LogP contribution in [0, 0.1) is 6.92 Å². The number of hydrogen-bond acceptors (Lipinski definition) is 2. The molecule has 0 aliphatic carbocycles. The number of likely N-dealkylation sites (N-methyl/N-ethyl adjacent to an activating group) is 1. The van der Waals surface area contributed by atoms with Gasteiger partial charge in [-0.25, -0.2) is 0 Å². The highest BCUT2D eigenvalue weighted by Crippen LogP contribution is 2.20. The van der Waals surface area contributed by atoms with Gasteiger partial charge in [-0.2, -0.15) is 0 Å². The van der Waals surface area contributed by atoms with Crippen LogP contribution in [0.2, 0.25) is 5.02 Å². The van der Waals surface area contributed by atoms with E-state index in [1.54, 1.807) is 24.3 Å². The quantitative estimate of drug-likeness (QED) is 0.546. The Morgan fingerprint density at radius 1 is 0.900 bits per heavy atom. The Kier molecular flexibility index (Phi) is 7.22. The van der Waals surface area contributed by atoms with Crippen molar-refractivity contribution in [2.45, 2.75) is 13.0 Å². The van der Waals surface area contributed by atoms with E-state index in [1.165, 1.54) is 0 Å². The van der Waals surface area contributed by atoms with Gasteiger partial charge in [0.2, 0.25) is 0 Å². The lowest BCUT2D eigenvalue weighted by molar-refractivity contribution is -0.893. The Labute approximate surface area is 181 Å². The highest BCUT2D eigenvalue weighted by molar-refractivity contribution is 6.33. The summed E-state index contributed by atoms with van der Waals surface area (Å²) in [5.74, 6) is -0.391. The zero-order valence-corrected chi connectivity index (χ0v) is 17.7. The van der Waals surface area contributed by atoms with Crippen LogP contribution in [-0.2, 0) is 9.59 Å². The van der Waals surface area contributed by atoms with Crippen LogP contribution < -0.4 is 15.5 Å². The van der Waals surface area contributed by atoms with Crippen LogP contribution in [0.5, 0.6) is 0 Å². The van der Waals surface area contributed by atoms with Gasteiger partial charge < -0.3 is 15.5 Å². The monoisotopic (exact) mass is 422 g/mol. The Hall–Kier alpha value is -3.15. The van der Waals surface area contributed by atoms with E-state index in [4.69, 9.17) is 11.6 Å². The lowest BCUT2D eigenvalue weighted by Crippen LogP contribution is -3.11. The molecule has 1 unspecified atom stereocenters. The second kappa shape index (κ2) is 10.1. The van der Waals surface area contributed by atoms with Crippen molar-refractivity contribution >= 4 is 34.8 Å². The number of para-hydroxylation sites is 1. The van der Waals surface area contributed by atoms with Gasteiger partial charge in [0.25, 0.3) is 11.8 Å². The van der Waals surface area contributed by atoms with Crippen molar-refractivity contribution in [3.8, 4) is 0 Å². The number of amides is 2. The molecule has 0 aromatic heterocycles. The Morgan fingerprint density at radius 2 is 1.53 bits per heavy atom. The van der Waals surface area contributed by atoms with Crippen LogP contribution >= 0.6 is 11.6 Å². The van der Waals surface area contributed by atoms with E-state index in [-0.39, 0.29) is 18.4 Å². The molecule has 30 heavy (non-hydrogen) atoms. The number of rotatable bonds is 7. The molecule has 0 fully saturated rings. The molecule has 0 saturated heterocycles. The van der Waals surface area contributed by atoms with E-state index in [0.29, 0.717) is 10.7 Å². The van der Waals surface area contributed by atoms with Gasteiger partial charge in [-0.3, -0.25) is 9.59 Å². The van der Waals surface area contributed by atoms with Crippen molar-refractivity contribution < 1.29 is 14.5 Å². The number of carbonyl (C=O) groups is 2. The summed E-state index contributed by atoms with van der Waals surface area (Å²) >= 11 is 6.13. The van der Waals surface area contributed by atoms with Crippen LogP contribution in [0.3, 0.4) is 0 Å². The molecule has 0 aliphatic heterocycles. The first-order valence-electron chi connectivity index (χ1n) is 9.73. The SMILES string of the molecule is Cc1ccc(NC(=O)[C@@H](c2ccccc2)[NH+](C)CC(=O)Nc2ccccc2Cl)cc1.